The molecule has 3 rings (SSSR count). The van der Waals surface area contributed by atoms with Crippen LogP contribution in [-0.2, 0) is 6.42 Å². The van der Waals surface area contributed by atoms with E-state index < -0.39 is 0 Å². The molecule has 0 saturated heterocycles. The molecule has 2 atom stereocenters. The number of hydrogen-bond donors (Lipinski definition) is 2. The lowest BCUT2D eigenvalue weighted by Crippen LogP contribution is -2.33. The van der Waals surface area contributed by atoms with Crippen LogP contribution in [0.15, 0.2) is 29.9 Å². The first-order chi connectivity index (χ1) is 9.83. The standard InChI is InChI=1S/C15H19N3OS/c1-19-11-7-10(8-17-9-11)15(18-16)13-3-2-4-14-12(13)5-6-20-14/h5-9,13,15,18H,2-4,16H2,1H3. The third kappa shape index (κ3) is 2.44. The van der Waals surface area contributed by atoms with Gasteiger partial charge in [0.1, 0.15) is 5.75 Å². The van der Waals surface area contributed by atoms with Gasteiger partial charge in [-0.1, -0.05) is 0 Å². The van der Waals surface area contributed by atoms with Crippen LogP contribution in [0.1, 0.15) is 40.8 Å². The molecule has 2 aromatic heterocycles. The lowest BCUT2D eigenvalue weighted by molar-refractivity contribution is 0.397. The van der Waals surface area contributed by atoms with Crippen LogP contribution in [0.5, 0.6) is 5.75 Å². The topological polar surface area (TPSA) is 60.2 Å². The minimum Gasteiger partial charge on any atom is -0.495 e. The molecule has 0 saturated carbocycles. The van der Waals surface area contributed by atoms with Gasteiger partial charge in [-0.05, 0) is 47.9 Å². The maximum Gasteiger partial charge on any atom is 0.137 e. The smallest absolute Gasteiger partial charge is 0.137 e. The van der Waals surface area contributed by atoms with Gasteiger partial charge in [0.2, 0.25) is 0 Å². The zero-order valence-electron chi connectivity index (χ0n) is 11.5. The first kappa shape index (κ1) is 13.5. The molecule has 0 spiro atoms. The normalized spacial score (nSPS) is 19.4. The number of ether oxygens (including phenoxy) is 1. The number of fused-ring (bicyclic) bond motifs is 1. The summed E-state index contributed by atoms with van der Waals surface area (Å²) in [4.78, 5) is 5.74. The van der Waals surface area contributed by atoms with Gasteiger partial charge < -0.3 is 4.74 Å². The van der Waals surface area contributed by atoms with E-state index in [-0.39, 0.29) is 6.04 Å². The molecule has 4 nitrogen and oxygen atoms in total. The number of rotatable bonds is 4. The zero-order chi connectivity index (χ0) is 13.9. The lowest BCUT2D eigenvalue weighted by atomic mass is 9.80. The predicted octanol–water partition coefficient (Wildman–Crippen LogP) is 2.78. The first-order valence-electron chi connectivity index (χ1n) is 6.85. The van der Waals surface area contributed by atoms with Crippen LogP contribution in [0.3, 0.4) is 0 Å². The van der Waals surface area contributed by atoms with E-state index in [1.165, 1.54) is 23.3 Å². The Bertz CT molecular complexity index is 584. The van der Waals surface area contributed by atoms with Crippen molar-refractivity contribution >= 4 is 11.3 Å². The van der Waals surface area contributed by atoms with Crippen molar-refractivity contribution in [2.45, 2.75) is 31.2 Å². The maximum atomic E-state index is 5.84. The second-order valence-electron chi connectivity index (χ2n) is 5.10. The van der Waals surface area contributed by atoms with E-state index in [0.717, 1.165) is 17.7 Å². The van der Waals surface area contributed by atoms with Crippen LogP contribution >= 0.6 is 11.3 Å². The van der Waals surface area contributed by atoms with Crippen molar-refractivity contribution in [2.24, 2.45) is 5.84 Å². The fourth-order valence-electron chi connectivity index (χ4n) is 3.03. The Balaban J connectivity index is 1.95. The fourth-order valence-corrected chi connectivity index (χ4v) is 4.03. The van der Waals surface area contributed by atoms with Crippen LogP contribution < -0.4 is 16.0 Å². The molecule has 2 unspecified atom stereocenters. The van der Waals surface area contributed by atoms with Crippen LogP contribution in [-0.4, -0.2) is 12.1 Å². The highest BCUT2D eigenvalue weighted by Crippen LogP contribution is 2.42. The molecule has 106 valence electrons. The van der Waals surface area contributed by atoms with Crippen molar-refractivity contribution in [1.82, 2.24) is 10.4 Å². The second-order valence-corrected chi connectivity index (χ2v) is 6.10. The highest BCUT2D eigenvalue weighted by molar-refractivity contribution is 7.10. The monoisotopic (exact) mass is 289 g/mol. The molecule has 1 aliphatic rings. The molecule has 0 fully saturated rings. The molecule has 0 aliphatic heterocycles. The summed E-state index contributed by atoms with van der Waals surface area (Å²) in [6.45, 7) is 0. The van der Waals surface area contributed by atoms with Gasteiger partial charge in [-0.3, -0.25) is 16.3 Å². The summed E-state index contributed by atoms with van der Waals surface area (Å²) < 4.78 is 5.26. The molecule has 0 radical (unpaired) electrons. The van der Waals surface area contributed by atoms with Crippen molar-refractivity contribution < 1.29 is 4.74 Å². The van der Waals surface area contributed by atoms with Crippen LogP contribution in [0.4, 0.5) is 0 Å². The van der Waals surface area contributed by atoms with Gasteiger partial charge in [0.15, 0.2) is 0 Å². The molecular formula is C15H19N3OS. The van der Waals surface area contributed by atoms with E-state index in [0.29, 0.717) is 5.92 Å². The number of methoxy groups -OCH3 is 1. The van der Waals surface area contributed by atoms with Crippen molar-refractivity contribution in [3.63, 3.8) is 0 Å². The Hall–Kier alpha value is -1.43. The molecule has 0 aromatic carbocycles. The summed E-state index contributed by atoms with van der Waals surface area (Å²) in [5, 5.41) is 2.18. The van der Waals surface area contributed by atoms with Crippen molar-refractivity contribution in [1.29, 1.82) is 0 Å². The Kier molecular flexibility index (Phi) is 4.00. The summed E-state index contributed by atoms with van der Waals surface area (Å²) in [5.74, 6) is 7.01. The number of aryl methyl sites for hydroxylation is 1. The number of nitrogens with zero attached hydrogens (tertiary/aromatic N) is 1. The minimum absolute atomic E-state index is 0.0752. The fraction of sp³-hybridized carbons (Fsp3) is 0.400. The average molecular weight is 289 g/mol. The van der Waals surface area contributed by atoms with Gasteiger partial charge in [0.05, 0.1) is 19.3 Å². The van der Waals surface area contributed by atoms with E-state index >= 15 is 0 Å². The SMILES string of the molecule is COc1cncc(C(NN)C2CCCc3sccc32)c1. The Labute approximate surface area is 123 Å². The second kappa shape index (κ2) is 5.91. The molecule has 2 aromatic rings. The third-order valence-electron chi connectivity index (χ3n) is 4.01. The summed E-state index contributed by atoms with van der Waals surface area (Å²) in [6, 6.07) is 4.33. The van der Waals surface area contributed by atoms with Crippen molar-refractivity contribution in [3.05, 3.63) is 45.9 Å². The molecule has 0 bridgehead atoms. The average Bonchev–Trinajstić information content (AvgIpc) is 2.97. The van der Waals surface area contributed by atoms with Gasteiger partial charge in [0, 0.05) is 17.0 Å². The highest BCUT2D eigenvalue weighted by Gasteiger charge is 2.29. The number of thiophene rings is 1. The number of aromatic nitrogens is 1. The largest absolute Gasteiger partial charge is 0.495 e. The van der Waals surface area contributed by atoms with E-state index in [1.54, 1.807) is 13.3 Å². The van der Waals surface area contributed by atoms with Crippen molar-refractivity contribution in [2.75, 3.05) is 7.11 Å². The van der Waals surface area contributed by atoms with Crippen molar-refractivity contribution in [3.8, 4) is 5.75 Å². The number of hydrazine groups is 1. The summed E-state index contributed by atoms with van der Waals surface area (Å²) in [6.07, 6.45) is 7.14. The van der Waals surface area contributed by atoms with E-state index in [9.17, 15) is 0 Å². The molecule has 1 aliphatic carbocycles. The number of hydrogen-bond acceptors (Lipinski definition) is 5. The van der Waals surface area contributed by atoms with Crippen LogP contribution in [0.25, 0.3) is 0 Å². The predicted molar refractivity (Wildman–Crippen MR) is 80.9 cm³/mol. The third-order valence-corrected chi connectivity index (χ3v) is 5.01. The Morgan fingerprint density at radius 3 is 3.20 bits per heavy atom. The highest BCUT2D eigenvalue weighted by atomic mass is 32.1. The van der Waals surface area contributed by atoms with E-state index in [2.05, 4.69) is 21.9 Å². The van der Waals surface area contributed by atoms with Gasteiger partial charge >= 0.3 is 0 Å². The van der Waals surface area contributed by atoms with Crippen LogP contribution in [0, 0.1) is 0 Å². The number of nitrogens with one attached hydrogen (secondary N) is 1. The molecule has 3 N–H and O–H groups in total. The molecule has 0 amide bonds. The van der Waals surface area contributed by atoms with Gasteiger partial charge in [0.25, 0.3) is 0 Å². The number of pyridine rings is 1. The van der Waals surface area contributed by atoms with Gasteiger partial charge in [-0.2, -0.15) is 0 Å². The summed E-state index contributed by atoms with van der Waals surface area (Å²) in [5.41, 5.74) is 5.50. The molecule has 2 heterocycles. The molecule has 5 heteroatoms. The van der Waals surface area contributed by atoms with E-state index in [4.69, 9.17) is 10.6 Å². The molecular weight excluding hydrogens is 270 g/mol. The zero-order valence-corrected chi connectivity index (χ0v) is 12.3. The summed E-state index contributed by atoms with van der Waals surface area (Å²) in [7, 11) is 1.66. The van der Waals surface area contributed by atoms with Gasteiger partial charge in [-0.25, -0.2) is 0 Å². The summed E-state index contributed by atoms with van der Waals surface area (Å²) >= 11 is 1.85. The first-order valence-corrected chi connectivity index (χ1v) is 7.72. The Morgan fingerprint density at radius 2 is 2.40 bits per heavy atom. The maximum absolute atomic E-state index is 5.84. The van der Waals surface area contributed by atoms with Crippen LogP contribution in [0.2, 0.25) is 0 Å². The van der Waals surface area contributed by atoms with Gasteiger partial charge in [-0.15, -0.1) is 11.3 Å². The lowest BCUT2D eigenvalue weighted by Gasteiger charge is -2.30. The quantitative estimate of drug-likeness (QED) is 0.671. The molecule has 20 heavy (non-hydrogen) atoms. The minimum atomic E-state index is 0.0752. The number of nitrogens with two attached hydrogens (primary N) is 1. The Morgan fingerprint density at radius 1 is 1.50 bits per heavy atom. The van der Waals surface area contributed by atoms with E-state index in [1.807, 2.05) is 23.6 Å².